The number of hydrogen-bond donors (Lipinski definition) is 10. The summed E-state index contributed by atoms with van der Waals surface area (Å²) in [6.45, 7) is 7.64. The van der Waals surface area contributed by atoms with Gasteiger partial charge in [0, 0.05) is 49.5 Å². The molecule has 396 valence electrons. The summed E-state index contributed by atoms with van der Waals surface area (Å²) < 4.78 is 10.6. The minimum absolute atomic E-state index is 0.0369. The lowest BCUT2D eigenvalue weighted by molar-refractivity contribution is -0.165. The lowest BCUT2D eigenvalue weighted by Crippen LogP contribution is -2.51. The molecule has 0 saturated carbocycles. The fourth-order valence-corrected chi connectivity index (χ4v) is 7.15. The smallest absolute Gasteiger partial charge is 0.506 e. The van der Waals surface area contributed by atoms with Gasteiger partial charge in [-0.1, -0.05) is 88.4 Å². The zero-order valence-electron chi connectivity index (χ0n) is 40.9. The molecule has 5 rings (SSSR count). The number of aliphatic hydroxyl groups is 3. The number of amides is 2. The van der Waals surface area contributed by atoms with Crippen LogP contribution in [0.15, 0.2) is 97.8 Å². The van der Waals surface area contributed by atoms with Crippen LogP contribution >= 0.6 is 0 Å². The number of carbonyl (C=O) groups is 8. The molecule has 8 atom stereocenters. The summed E-state index contributed by atoms with van der Waals surface area (Å²) in [5, 5.41) is 76.0. The Morgan fingerprint density at radius 2 is 1.07 bits per heavy atom. The van der Waals surface area contributed by atoms with Crippen LogP contribution < -0.4 is 10.6 Å². The number of carboxylic acid groups (broad SMARTS) is 3. The Morgan fingerprint density at radius 1 is 0.635 bits per heavy atom. The Kier molecular flexibility index (Phi) is 25.2. The average Bonchev–Trinajstić information content (AvgIpc) is 3.76. The summed E-state index contributed by atoms with van der Waals surface area (Å²) >= 11 is 0. The molecule has 0 bridgehead atoms. The second kappa shape index (κ2) is 30.6. The molecule has 74 heavy (non-hydrogen) atoms. The number of ketones is 2. The van der Waals surface area contributed by atoms with Crippen molar-refractivity contribution < 1.29 is 88.4 Å². The highest BCUT2D eigenvalue weighted by Gasteiger charge is 2.50. The Labute approximate surface area is 425 Å². The standard InChI is InChI=1S/C24H28BN3O8.C20H26BN3O4.C4H6O6/c1-14(2)10-19(25-35-21(24(34)36-25)20(30)23(32)33)28-22(31)16(11-15-6-4-3-5-7-15)12-18(29)17-13-26-8-9-27-17;1-14(2)10-19(21(27)28)24-20(26)16(11-15-6-4-3-5-7-15)12-18(25)17-13-22-8-9-23-17;5-1(3(7)8)2(6)4(9)10/h3-9,13-14,16,19-21,30H,10-12H2,1-2H3,(H,28,31)(H,32,33);3-9,13-14,16,19,27-28H,10-12H2,1-2H3,(H,24,26);1-2,5-6H,(H,7,8)(H,9,10)/t16-,19-,20+,21?;16-,19+;1-,2-/m010/s1. The quantitative estimate of drug-likeness (QED) is 0.0313. The van der Waals surface area contributed by atoms with E-state index in [4.69, 9.17) is 34.8 Å². The molecule has 1 saturated heterocycles. The molecule has 2 aromatic heterocycles. The highest BCUT2D eigenvalue weighted by Crippen LogP contribution is 2.23. The second-order valence-electron chi connectivity index (χ2n) is 17.8. The Hall–Kier alpha value is -7.35. The first-order valence-electron chi connectivity index (χ1n) is 23.2. The zero-order chi connectivity index (χ0) is 55.1. The molecule has 24 nitrogen and oxygen atoms in total. The topological polar surface area (TPSA) is 392 Å². The van der Waals surface area contributed by atoms with Crippen molar-refractivity contribution in [3.8, 4) is 0 Å². The first kappa shape index (κ1) is 61.0. The van der Waals surface area contributed by atoms with Gasteiger partial charge < -0.3 is 60.6 Å². The van der Waals surface area contributed by atoms with E-state index >= 15 is 0 Å². The third-order valence-corrected chi connectivity index (χ3v) is 10.8. The predicted molar refractivity (Wildman–Crippen MR) is 260 cm³/mol. The monoisotopic (exact) mass is 1030 g/mol. The van der Waals surface area contributed by atoms with Crippen LogP contribution in [0.1, 0.15) is 85.5 Å². The number of aliphatic carboxylic acids is 3. The molecule has 26 heteroatoms. The van der Waals surface area contributed by atoms with Crippen LogP contribution in [0.4, 0.5) is 0 Å². The van der Waals surface area contributed by atoms with Crippen molar-refractivity contribution in [3.05, 3.63) is 120 Å². The molecule has 0 radical (unpaired) electrons. The van der Waals surface area contributed by atoms with E-state index in [1.165, 1.54) is 37.2 Å². The first-order valence-corrected chi connectivity index (χ1v) is 23.2. The number of Topliss-reactive ketones (excluding diaryl/α,β-unsaturated/α-hetero) is 2. The van der Waals surface area contributed by atoms with E-state index in [0.29, 0.717) is 19.3 Å². The van der Waals surface area contributed by atoms with Gasteiger partial charge in [0.1, 0.15) is 11.4 Å². The van der Waals surface area contributed by atoms with E-state index in [1.807, 2.05) is 88.4 Å². The number of nitrogens with one attached hydrogen (secondary N) is 2. The van der Waals surface area contributed by atoms with Gasteiger partial charge in [-0.3, -0.25) is 33.9 Å². The second-order valence-corrected chi connectivity index (χ2v) is 17.8. The first-order chi connectivity index (χ1) is 35.0. The number of carboxylic acids is 3. The third-order valence-electron chi connectivity index (χ3n) is 10.8. The van der Waals surface area contributed by atoms with E-state index in [2.05, 4.69) is 30.6 Å². The van der Waals surface area contributed by atoms with E-state index in [1.54, 1.807) is 0 Å². The van der Waals surface area contributed by atoms with Crippen LogP contribution in [-0.2, 0) is 50.9 Å². The summed E-state index contributed by atoms with van der Waals surface area (Å²) in [4.78, 5) is 110. The number of hydrogen-bond acceptors (Lipinski definition) is 19. The number of rotatable bonds is 25. The highest BCUT2D eigenvalue weighted by molar-refractivity contribution is 6.51. The van der Waals surface area contributed by atoms with Gasteiger partial charge in [0.25, 0.3) is 0 Å². The molecular formula is C48H60B2N6O18. The normalized spacial score (nSPS) is 15.7. The minimum Gasteiger partial charge on any atom is -0.506 e. The molecule has 10 N–H and O–H groups in total. The molecular weight excluding hydrogens is 970 g/mol. The molecule has 0 spiro atoms. The van der Waals surface area contributed by atoms with Crippen molar-refractivity contribution in [2.75, 3.05) is 0 Å². The van der Waals surface area contributed by atoms with Crippen LogP contribution in [-0.4, -0.2) is 158 Å². The minimum atomic E-state index is -2.27. The average molecular weight is 1030 g/mol. The molecule has 0 aliphatic carbocycles. The van der Waals surface area contributed by atoms with Crippen molar-refractivity contribution in [1.82, 2.24) is 30.6 Å². The van der Waals surface area contributed by atoms with Crippen molar-refractivity contribution >= 4 is 61.5 Å². The summed E-state index contributed by atoms with van der Waals surface area (Å²) in [5.41, 5.74) is 2.10. The van der Waals surface area contributed by atoms with Gasteiger partial charge in [-0.2, -0.15) is 0 Å². The van der Waals surface area contributed by atoms with Gasteiger partial charge in [0.2, 0.25) is 11.8 Å². The maximum absolute atomic E-state index is 13.4. The summed E-state index contributed by atoms with van der Waals surface area (Å²) in [7, 11) is -2.96. The van der Waals surface area contributed by atoms with Crippen molar-refractivity contribution in [3.63, 3.8) is 0 Å². The lowest BCUT2D eigenvalue weighted by Gasteiger charge is -2.24. The van der Waals surface area contributed by atoms with Crippen LogP contribution in [0.2, 0.25) is 0 Å². The Bertz CT molecular complexity index is 2430. The van der Waals surface area contributed by atoms with Crippen LogP contribution in [0, 0.1) is 23.7 Å². The van der Waals surface area contributed by atoms with Crippen LogP contribution in [0.5, 0.6) is 0 Å². The Balaban J connectivity index is 0.000000337. The SMILES string of the molecule is CC(C)C[C@H](NC(=O)[C@@H](CC(=O)c1cnccn1)Cc1ccccc1)B(O)O.CC(C)C[C@H](NC(=O)[C@H](CC(=O)c1cnccn1)Cc1ccccc1)B1OC(=O)C([C@@H](O)C(=O)O)O1.O=C(O)[C@@H](O)[C@H](O)C(=O)O. The van der Waals surface area contributed by atoms with E-state index in [-0.39, 0.29) is 60.0 Å². The maximum atomic E-state index is 13.4. The van der Waals surface area contributed by atoms with Gasteiger partial charge in [-0.25, -0.2) is 24.4 Å². The third kappa shape index (κ3) is 20.6. The van der Waals surface area contributed by atoms with Crippen molar-refractivity contribution in [1.29, 1.82) is 0 Å². The number of benzene rings is 2. The predicted octanol–water partition coefficient (Wildman–Crippen LogP) is 0.183. The molecule has 2 amide bonds. The van der Waals surface area contributed by atoms with Gasteiger partial charge in [-0.05, 0) is 48.6 Å². The van der Waals surface area contributed by atoms with Crippen LogP contribution in [0.25, 0.3) is 0 Å². The molecule has 1 unspecified atom stereocenters. The van der Waals surface area contributed by atoms with E-state index in [9.17, 15) is 53.5 Å². The Morgan fingerprint density at radius 3 is 1.43 bits per heavy atom. The van der Waals surface area contributed by atoms with Gasteiger partial charge in [0.15, 0.2) is 36.0 Å². The number of nitrogens with zero attached hydrogens (tertiary/aromatic N) is 4. The van der Waals surface area contributed by atoms with Crippen LogP contribution in [0.3, 0.4) is 0 Å². The maximum Gasteiger partial charge on any atom is 0.552 e. The summed E-state index contributed by atoms with van der Waals surface area (Å²) in [5.74, 6) is -10.6. The number of carbonyl (C=O) groups excluding carboxylic acids is 5. The molecule has 1 fully saturated rings. The summed E-state index contributed by atoms with van der Waals surface area (Å²) in [6.07, 6.45) is 1.29. The van der Waals surface area contributed by atoms with Crippen molar-refractivity contribution in [2.24, 2.45) is 23.7 Å². The molecule has 4 aromatic rings. The number of aromatic nitrogens is 4. The van der Waals surface area contributed by atoms with E-state index in [0.717, 1.165) is 11.1 Å². The van der Waals surface area contributed by atoms with Gasteiger partial charge >= 0.3 is 38.1 Å². The lowest BCUT2D eigenvalue weighted by atomic mass is 9.73. The van der Waals surface area contributed by atoms with Gasteiger partial charge in [0.05, 0.1) is 24.3 Å². The van der Waals surface area contributed by atoms with E-state index < -0.39 is 92.2 Å². The summed E-state index contributed by atoms with van der Waals surface area (Å²) in [6, 6.07) is 18.6. The molecule has 1 aliphatic heterocycles. The fraction of sp³-hybridized carbons (Fsp3) is 0.417. The zero-order valence-corrected chi connectivity index (χ0v) is 40.9. The molecule has 2 aromatic carbocycles. The molecule has 1 aliphatic rings. The van der Waals surface area contributed by atoms with Gasteiger partial charge in [-0.15, -0.1) is 0 Å². The molecule has 3 heterocycles. The van der Waals surface area contributed by atoms with Crippen molar-refractivity contribution in [2.45, 2.75) is 103 Å². The largest absolute Gasteiger partial charge is 0.552 e. The highest BCUT2D eigenvalue weighted by atomic mass is 16.7. The fourth-order valence-electron chi connectivity index (χ4n) is 7.15. The number of aliphatic hydroxyl groups excluding tert-OH is 3.